The summed E-state index contributed by atoms with van der Waals surface area (Å²) in [6.07, 6.45) is 1.60. The maximum absolute atomic E-state index is 13.6. The number of aromatic nitrogens is 1. The summed E-state index contributed by atoms with van der Waals surface area (Å²) in [6, 6.07) is 1.42. The molecule has 0 aromatic carbocycles. The molecule has 5 heteroatoms. The molecule has 1 aliphatic rings. The molecule has 1 aromatic heterocycles. The van der Waals surface area contributed by atoms with Crippen LogP contribution in [0.25, 0.3) is 0 Å². The van der Waals surface area contributed by atoms with E-state index in [-0.39, 0.29) is 11.4 Å². The van der Waals surface area contributed by atoms with Gasteiger partial charge >= 0.3 is 0 Å². The zero-order valence-corrected chi connectivity index (χ0v) is 11.0. The van der Waals surface area contributed by atoms with Crippen LogP contribution < -0.4 is 10.6 Å². The third-order valence-corrected chi connectivity index (χ3v) is 3.64. The summed E-state index contributed by atoms with van der Waals surface area (Å²) in [6.45, 7) is 5.50. The molecule has 1 saturated heterocycles. The van der Waals surface area contributed by atoms with Crippen LogP contribution in [-0.2, 0) is 0 Å². The van der Waals surface area contributed by atoms with Gasteiger partial charge < -0.3 is 10.6 Å². The average Bonchev–Trinajstić information content (AvgIpc) is 2.13. The van der Waals surface area contributed by atoms with Crippen LogP contribution in [0.2, 0.25) is 0 Å². The smallest absolute Gasteiger partial charge is 0.166 e. The molecule has 0 saturated carbocycles. The minimum absolute atomic E-state index is 0.207. The van der Waals surface area contributed by atoms with E-state index in [4.69, 9.17) is 5.73 Å². The van der Waals surface area contributed by atoms with Crippen molar-refractivity contribution in [2.75, 3.05) is 18.0 Å². The molecule has 16 heavy (non-hydrogen) atoms. The van der Waals surface area contributed by atoms with Gasteiger partial charge in [-0.05, 0) is 27.9 Å². The lowest BCUT2D eigenvalue weighted by Gasteiger charge is -2.50. The Bertz CT molecular complexity index is 402. The molecule has 0 radical (unpaired) electrons. The second kappa shape index (κ2) is 3.96. The Morgan fingerprint density at radius 2 is 2.19 bits per heavy atom. The van der Waals surface area contributed by atoms with Crippen molar-refractivity contribution in [3.63, 3.8) is 0 Å². The molecular formula is C11H15BrFN3. The van der Waals surface area contributed by atoms with E-state index in [0.717, 1.165) is 0 Å². The number of anilines is 1. The van der Waals surface area contributed by atoms with Crippen LogP contribution in [0.5, 0.6) is 0 Å². The highest BCUT2D eigenvalue weighted by Gasteiger charge is 2.43. The van der Waals surface area contributed by atoms with Gasteiger partial charge in [-0.15, -0.1) is 0 Å². The number of nitrogens with two attached hydrogens (primary N) is 1. The normalized spacial score (nSPS) is 18.8. The van der Waals surface area contributed by atoms with Crippen molar-refractivity contribution >= 4 is 21.7 Å². The van der Waals surface area contributed by atoms with Crippen molar-refractivity contribution < 1.29 is 4.39 Å². The Balaban J connectivity index is 2.12. The topological polar surface area (TPSA) is 42.1 Å². The van der Waals surface area contributed by atoms with Gasteiger partial charge in [-0.3, -0.25) is 0 Å². The largest absolute Gasteiger partial charge is 0.350 e. The summed E-state index contributed by atoms with van der Waals surface area (Å²) in [5.74, 6) is 0.479. The highest BCUT2D eigenvalue weighted by molar-refractivity contribution is 9.10. The molecule has 3 nitrogen and oxygen atoms in total. The van der Waals surface area contributed by atoms with Crippen LogP contribution in [0, 0.1) is 11.7 Å². The number of hydrogen-bond acceptors (Lipinski definition) is 3. The molecular weight excluding hydrogens is 273 g/mol. The van der Waals surface area contributed by atoms with Crippen LogP contribution in [0.3, 0.4) is 0 Å². The second-order valence-corrected chi connectivity index (χ2v) is 5.62. The summed E-state index contributed by atoms with van der Waals surface area (Å²) in [7, 11) is 0. The number of rotatable bonds is 2. The molecule has 1 fully saturated rings. The Labute approximate surface area is 103 Å². The zero-order valence-electron chi connectivity index (χ0n) is 9.37. The SMILES string of the molecule is CC(C)C1(N)CN(c2ncc(Br)cc2F)C1. The maximum atomic E-state index is 13.6. The molecule has 1 aliphatic heterocycles. The van der Waals surface area contributed by atoms with Gasteiger partial charge in [0.05, 0.1) is 5.54 Å². The van der Waals surface area contributed by atoms with Crippen LogP contribution in [0.15, 0.2) is 16.7 Å². The first-order chi connectivity index (χ1) is 7.42. The molecule has 0 atom stereocenters. The van der Waals surface area contributed by atoms with Crippen molar-refractivity contribution in [2.24, 2.45) is 11.7 Å². The van der Waals surface area contributed by atoms with E-state index in [9.17, 15) is 4.39 Å². The standard InChI is InChI=1S/C11H15BrFN3/c1-7(2)11(14)5-16(6-11)10-9(13)3-8(12)4-15-10/h3-4,7H,5-6,14H2,1-2H3. The van der Waals surface area contributed by atoms with Crippen molar-refractivity contribution in [1.82, 2.24) is 4.98 Å². The minimum atomic E-state index is -0.305. The Kier molecular flexibility index (Phi) is 2.92. The first-order valence-corrected chi connectivity index (χ1v) is 6.06. The molecule has 1 aromatic rings. The first kappa shape index (κ1) is 11.8. The summed E-state index contributed by atoms with van der Waals surface area (Å²) < 4.78 is 14.2. The quantitative estimate of drug-likeness (QED) is 0.906. The second-order valence-electron chi connectivity index (χ2n) is 4.70. The van der Waals surface area contributed by atoms with Gasteiger partial charge in [-0.1, -0.05) is 13.8 Å². The highest BCUT2D eigenvalue weighted by atomic mass is 79.9. The Hall–Kier alpha value is -0.680. The number of hydrogen-bond donors (Lipinski definition) is 1. The average molecular weight is 288 g/mol. The summed E-state index contributed by atoms with van der Waals surface area (Å²) in [5.41, 5.74) is 5.95. The van der Waals surface area contributed by atoms with Gasteiger partial charge in [0.1, 0.15) is 0 Å². The lowest BCUT2D eigenvalue weighted by molar-refractivity contribution is 0.242. The van der Waals surface area contributed by atoms with Crippen LogP contribution >= 0.6 is 15.9 Å². The van der Waals surface area contributed by atoms with Gasteiger partial charge in [-0.2, -0.15) is 0 Å². The third kappa shape index (κ3) is 1.94. The van der Waals surface area contributed by atoms with Crippen LogP contribution in [0.4, 0.5) is 10.2 Å². The fourth-order valence-electron chi connectivity index (χ4n) is 1.82. The van der Waals surface area contributed by atoms with Gasteiger partial charge in [-0.25, -0.2) is 9.37 Å². The van der Waals surface area contributed by atoms with E-state index >= 15 is 0 Å². The van der Waals surface area contributed by atoms with Gasteiger partial charge in [0, 0.05) is 23.8 Å². The zero-order chi connectivity index (χ0) is 11.9. The number of halogens is 2. The fourth-order valence-corrected chi connectivity index (χ4v) is 2.12. The molecule has 2 rings (SSSR count). The molecule has 0 amide bonds. The Morgan fingerprint density at radius 3 is 2.69 bits per heavy atom. The van der Waals surface area contributed by atoms with Gasteiger partial charge in [0.2, 0.25) is 0 Å². The molecule has 2 N–H and O–H groups in total. The summed E-state index contributed by atoms with van der Waals surface area (Å²) in [4.78, 5) is 5.95. The predicted octanol–water partition coefficient (Wildman–Crippen LogP) is 2.16. The maximum Gasteiger partial charge on any atom is 0.166 e. The van der Waals surface area contributed by atoms with E-state index in [0.29, 0.717) is 29.3 Å². The number of pyridine rings is 1. The van der Waals surface area contributed by atoms with E-state index < -0.39 is 0 Å². The van der Waals surface area contributed by atoms with Crippen LogP contribution in [-0.4, -0.2) is 23.6 Å². The van der Waals surface area contributed by atoms with E-state index in [2.05, 4.69) is 34.8 Å². The Morgan fingerprint density at radius 1 is 1.56 bits per heavy atom. The van der Waals surface area contributed by atoms with Crippen LogP contribution in [0.1, 0.15) is 13.8 Å². The third-order valence-electron chi connectivity index (χ3n) is 3.21. The monoisotopic (exact) mass is 287 g/mol. The molecule has 88 valence electrons. The summed E-state index contributed by atoms with van der Waals surface area (Å²) in [5, 5.41) is 0. The molecule has 0 spiro atoms. The fraction of sp³-hybridized carbons (Fsp3) is 0.545. The molecule has 0 unspecified atom stereocenters. The molecule has 0 bridgehead atoms. The lowest BCUT2D eigenvalue weighted by Crippen LogP contribution is -2.70. The van der Waals surface area contributed by atoms with Crippen molar-refractivity contribution in [1.29, 1.82) is 0 Å². The van der Waals surface area contributed by atoms with Crippen molar-refractivity contribution in [3.8, 4) is 0 Å². The van der Waals surface area contributed by atoms with Gasteiger partial charge in [0.15, 0.2) is 11.6 Å². The van der Waals surface area contributed by atoms with Crippen molar-refractivity contribution in [2.45, 2.75) is 19.4 Å². The number of nitrogens with zero attached hydrogens (tertiary/aromatic N) is 2. The first-order valence-electron chi connectivity index (χ1n) is 5.27. The highest BCUT2D eigenvalue weighted by Crippen LogP contribution is 2.31. The predicted molar refractivity (Wildman–Crippen MR) is 65.9 cm³/mol. The van der Waals surface area contributed by atoms with Crippen molar-refractivity contribution in [3.05, 3.63) is 22.6 Å². The van der Waals surface area contributed by atoms with E-state index in [1.807, 2.05) is 4.90 Å². The molecule has 0 aliphatic carbocycles. The minimum Gasteiger partial charge on any atom is -0.350 e. The van der Waals surface area contributed by atoms with E-state index in [1.165, 1.54) is 6.07 Å². The molecule has 2 heterocycles. The summed E-state index contributed by atoms with van der Waals surface area (Å²) >= 11 is 3.19. The lowest BCUT2D eigenvalue weighted by atomic mass is 9.80. The van der Waals surface area contributed by atoms with E-state index in [1.54, 1.807) is 6.20 Å². The van der Waals surface area contributed by atoms with Gasteiger partial charge in [0.25, 0.3) is 0 Å².